The second-order valence-corrected chi connectivity index (χ2v) is 6.04. The fourth-order valence-corrected chi connectivity index (χ4v) is 3.16. The van der Waals surface area contributed by atoms with Gasteiger partial charge >= 0.3 is 0 Å². The third kappa shape index (κ3) is 3.39. The van der Waals surface area contributed by atoms with Gasteiger partial charge in [-0.1, -0.05) is 13.3 Å². The summed E-state index contributed by atoms with van der Waals surface area (Å²) in [5, 5.41) is 13.9. The van der Waals surface area contributed by atoms with Crippen molar-refractivity contribution in [3.05, 3.63) is 18.0 Å². The van der Waals surface area contributed by atoms with Crippen LogP contribution in [-0.2, 0) is 11.3 Å². The Bertz CT molecular complexity index is 454. The summed E-state index contributed by atoms with van der Waals surface area (Å²) in [4.78, 5) is 14.3. The first-order valence-corrected chi connectivity index (χ1v) is 7.46. The standard InChI is InChI=1S/C15H25N3O2/c1-3-5-15(12-19)6-4-7-17(11-15)14(20)10-18-9-13(2)8-16-18/h8-9,19H,3-7,10-12H2,1-2H3/t15-/m0/s1. The predicted molar refractivity (Wildman–Crippen MR) is 77.2 cm³/mol. The minimum atomic E-state index is -0.0946. The number of carbonyl (C=O) groups is 1. The van der Waals surface area contributed by atoms with Crippen LogP contribution in [0.1, 0.15) is 38.2 Å². The van der Waals surface area contributed by atoms with E-state index in [-0.39, 0.29) is 17.9 Å². The van der Waals surface area contributed by atoms with Crippen LogP contribution in [0.5, 0.6) is 0 Å². The van der Waals surface area contributed by atoms with Crippen molar-refractivity contribution in [2.45, 2.75) is 46.1 Å². The molecule has 2 rings (SSSR count). The highest BCUT2D eigenvalue weighted by molar-refractivity contribution is 5.76. The van der Waals surface area contributed by atoms with Crippen LogP contribution in [0.25, 0.3) is 0 Å². The summed E-state index contributed by atoms with van der Waals surface area (Å²) >= 11 is 0. The summed E-state index contributed by atoms with van der Waals surface area (Å²) in [6.07, 6.45) is 7.66. The largest absolute Gasteiger partial charge is 0.396 e. The van der Waals surface area contributed by atoms with Gasteiger partial charge in [0.15, 0.2) is 0 Å². The molecule has 1 fully saturated rings. The van der Waals surface area contributed by atoms with Gasteiger partial charge in [0.2, 0.25) is 5.91 Å². The first-order chi connectivity index (χ1) is 9.58. The number of aromatic nitrogens is 2. The van der Waals surface area contributed by atoms with Gasteiger partial charge in [0.1, 0.15) is 6.54 Å². The molecule has 5 heteroatoms. The molecule has 0 aliphatic carbocycles. The lowest BCUT2D eigenvalue weighted by Crippen LogP contribution is -2.48. The van der Waals surface area contributed by atoms with Gasteiger partial charge in [0.25, 0.3) is 0 Å². The lowest BCUT2D eigenvalue weighted by Gasteiger charge is -2.41. The smallest absolute Gasteiger partial charge is 0.244 e. The number of rotatable bonds is 5. The number of hydrogen-bond donors (Lipinski definition) is 1. The molecule has 1 amide bonds. The minimum Gasteiger partial charge on any atom is -0.396 e. The lowest BCUT2D eigenvalue weighted by atomic mass is 9.77. The number of piperidine rings is 1. The van der Waals surface area contributed by atoms with E-state index in [0.717, 1.165) is 37.8 Å². The summed E-state index contributed by atoms with van der Waals surface area (Å²) < 4.78 is 1.69. The zero-order chi connectivity index (χ0) is 14.6. The Labute approximate surface area is 120 Å². The molecule has 0 saturated carbocycles. The summed E-state index contributed by atoms with van der Waals surface area (Å²) in [6, 6.07) is 0. The fourth-order valence-electron chi connectivity index (χ4n) is 3.16. The van der Waals surface area contributed by atoms with E-state index < -0.39 is 0 Å². The van der Waals surface area contributed by atoms with Crippen molar-refractivity contribution in [1.29, 1.82) is 0 Å². The van der Waals surface area contributed by atoms with Crippen molar-refractivity contribution in [1.82, 2.24) is 14.7 Å². The third-order valence-electron chi connectivity index (χ3n) is 4.19. The highest BCUT2D eigenvalue weighted by Crippen LogP contribution is 2.34. The van der Waals surface area contributed by atoms with E-state index in [2.05, 4.69) is 12.0 Å². The van der Waals surface area contributed by atoms with Gasteiger partial charge in [0.05, 0.1) is 12.8 Å². The van der Waals surface area contributed by atoms with Crippen molar-refractivity contribution in [2.24, 2.45) is 5.41 Å². The van der Waals surface area contributed by atoms with E-state index in [0.29, 0.717) is 13.1 Å². The van der Waals surface area contributed by atoms with Crippen LogP contribution >= 0.6 is 0 Å². The Balaban J connectivity index is 1.99. The Morgan fingerprint density at radius 1 is 1.55 bits per heavy atom. The van der Waals surface area contributed by atoms with E-state index in [1.165, 1.54) is 0 Å². The highest BCUT2D eigenvalue weighted by Gasteiger charge is 2.35. The van der Waals surface area contributed by atoms with E-state index >= 15 is 0 Å². The molecule has 1 aliphatic rings. The maximum Gasteiger partial charge on any atom is 0.244 e. The van der Waals surface area contributed by atoms with Gasteiger partial charge in [-0.25, -0.2) is 0 Å². The first-order valence-electron chi connectivity index (χ1n) is 7.46. The van der Waals surface area contributed by atoms with Crippen molar-refractivity contribution in [3.8, 4) is 0 Å². The van der Waals surface area contributed by atoms with Crippen LogP contribution in [-0.4, -0.2) is 45.4 Å². The topological polar surface area (TPSA) is 58.4 Å². The quantitative estimate of drug-likeness (QED) is 0.890. The zero-order valence-electron chi connectivity index (χ0n) is 12.5. The van der Waals surface area contributed by atoms with Crippen molar-refractivity contribution in [3.63, 3.8) is 0 Å². The van der Waals surface area contributed by atoms with Crippen LogP contribution < -0.4 is 0 Å². The summed E-state index contributed by atoms with van der Waals surface area (Å²) in [6.45, 7) is 6.03. The van der Waals surface area contributed by atoms with E-state index in [1.807, 2.05) is 18.0 Å². The molecule has 0 radical (unpaired) electrons. The molecule has 2 heterocycles. The van der Waals surface area contributed by atoms with Crippen LogP contribution in [0.4, 0.5) is 0 Å². The number of amides is 1. The minimum absolute atomic E-state index is 0.0946. The molecule has 0 spiro atoms. The van der Waals surface area contributed by atoms with Gasteiger partial charge in [-0.3, -0.25) is 9.48 Å². The summed E-state index contributed by atoms with van der Waals surface area (Å²) in [7, 11) is 0. The van der Waals surface area contributed by atoms with Crippen LogP contribution in [0.3, 0.4) is 0 Å². The molecule has 20 heavy (non-hydrogen) atoms. The molecule has 0 unspecified atom stereocenters. The van der Waals surface area contributed by atoms with E-state index in [9.17, 15) is 9.90 Å². The molecule has 0 bridgehead atoms. The van der Waals surface area contributed by atoms with Gasteiger partial charge in [-0.2, -0.15) is 5.10 Å². The number of hydrogen-bond acceptors (Lipinski definition) is 3. The first kappa shape index (κ1) is 15.0. The van der Waals surface area contributed by atoms with E-state index in [4.69, 9.17) is 0 Å². The molecule has 1 atom stereocenters. The van der Waals surface area contributed by atoms with E-state index in [1.54, 1.807) is 10.9 Å². The van der Waals surface area contributed by atoms with Gasteiger partial charge < -0.3 is 10.0 Å². The zero-order valence-corrected chi connectivity index (χ0v) is 12.5. The number of likely N-dealkylation sites (tertiary alicyclic amines) is 1. The van der Waals surface area contributed by atoms with Crippen LogP contribution in [0, 0.1) is 12.3 Å². The molecule has 1 aromatic rings. The number of aryl methyl sites for hydroxylation is 1. The number of carbonyl (C=O) groups excluding carboxylic acids is 1. The second-order valence-electron chi connectivity index (χ2n) is 6.04. The van der Waals surface area contributed by atoms with Crippen molar-refractivity contribution >= 4 is 5.91 Å². The van der Waals surface area contributed by atoms with Crippen molar-refractivity contribution in [2.75, 3.05) is 19.7 Å². The fraction of sp³-hybridized carbons (Fsp3) is 0.733. The molecule has 1 aromatic heterocycles. The molecule has 5 nitrogen and oxygen atoms in total. The SMILES string of the molecule is CCC[C@]1(CO)CCCN(C(=O)Cn2cc(C)cn2)C1. The summed E-state index contributed by atoms with van der Waals surface area (Å²) in [5.41, 5.74) is 0.968. The monoisotopic (exact) mass is 279 g/mol. The number of aliphatic hydroxyl groups is 1. The lowest BCUT2D eigenvalue weighted by molar-refractivity contribution is -0.136. The normalized spacial score (nSPS) is 23.1. The molecular weight excluding hydrogens is 254 g/mol. The molecule has 0 aromatic carbocycles. The predicted octanol–water partition coefficient (Wildman–Crippen LogP) is 1.59. The molecular formula is C15H25N3O2. The Kier molecular flexibility index (Phi) is 4.81. The van der Waals surface area contributed by atoms with Gasteiger partial charge in [0, 0.05) is 24.7 Å². The third-order valence-corrected chi connectivity index (χ3v) is 4.19. The second kappa shape index (κ2) is 6.39. The molecule has 112 valence electrons. The molecule has 1 saturated heterocycles. The Morgan fingerprint density at radius 3 is 2.95 bits per heavy atom. The van der Waals surface area contributed by atoms with Gasteiger partial charge in [-0.15, -0.1) is 0 Å². The molecule has 1 aliphatic heterocycles. The Morgan fingerprint density at radius 2 is 2.35 bits per heavy atom. The highest BCUT2D eigenvalue weighted by atomic mass is 16.3. The van der Waals surface area contributed by atoms with Gasteiger partial charge in [-0.05, 0) is 31.7 Å². The van der Waals surface area contributed by atoms with Crippen LogP contribution in [0.2, 0.25) is 0 Å². The number of nitrogens with zero attached hydrogens (tertiary/aromatic N) is 3. The average molecular weight is 279 g/mol. The number of aliphatic hydroxyl groups excluding tert-OH is 1. The summed E-state index contributed by atoms with van der Waals surface area (Å²) in [5.74, 6) is 0.0988. The average Bonchev–Trinajstić information content (AvgIpc) is 2.84. The maximum absolute atomic E-state index is 12.4. The maximum atomic E-state index is 12.4. The molecule has 1 N–H and O–H groups in total. The van der Waals surface area contributed by atoms with Crippen molar-refractivity contribution < 1.29 is 9.90 Å². The van der Waals surface area contributed by atoms with Crippen LogP contribution in [0.15, 0.2) is 12.4 Å². The Hall–Kier alpha value is -1.36.